The van der Waals surface area contributed by atoms with Crippen LogP contribution in [-0.4, -0.2) is 41.9 Å². The van der Waals surface area contributed by atoms with Gasteiger partial charge in [-0.05, 0) is 38.1 Å². The van der Waals surface area contributed by atoms with Crippen LogP contribution in [0.4, 0.5) is 13.2 Å². The Balaban J connectivity index is 2.14. The number of hydrogen-bond donors (Lipinski definition) is 1. The number of benzene rings is 2. The number of ether oxygens (including phenoxy) is 2. The molecule has 0 aliphatic carbocycles. The average molecular weight is 448 g/mol. The normalized spacial score (nSPS) is 12.3. The van der Waals surface area contributed by atoms with Crippen molar-refractivity contribution in [1.29, 1.82) is 0 Å². The van der Waals surface area contributed by atoms with Crippen LogP contribution in [-0.2, 0) is 15.7 Å². The molecule has 170 valence electrons. The summed E-state index contributed by atoms with van der Waals surface area (Å²) in [6, 6.07) is 10.7. The molecule has 0 unspecified atom stereocenters. The van der Waals surface area contributed by atoms with Crippen molar-refractivity contribution >= 4 is 17.0 Å². The highest BCUT2D eigenvalue weighted by Crippen LogP contribution is 2.32. The van der Waals surface area contributed by atoms with Gasteiger partial charge in [0, 0.05) is 30.2 Å². The van der Waals surface area contributed by atoms with E-state index < -0.39 is 29.5 Å². The molecule has 0 spiro atoms. The Kier molecular flexibility index (Phi) is 7.32. The minimum absolute atomic E-state index is 0.107. The van der Waals surface area contributed by atoms with Crippen LogP contribution in [0.1, 0.15) is 25.0 Å². The van der Waals surface area contributed by atoms with E-state index in [-0.39, 0.29) is 23.2 Å². The number of halogens is 3. The smallest absolute Gasteiger partial charge is 0.416 e. The summed E-state index contributed by atoms with van der Waals surface area (Å²) in [6.45, 7) is 4.63. The molecule has 0 aliphatic rings. The first-order valence-electron chi connectivity index (χ1n) is 10.0. The summed E-state index contributed by atoms with van der Waals surface area (Å²) in [5.41, 5.74) is -1.48. The molecule has 1 heterocycles. The number of alkyl halides is 3. The van der Waals surface area contributed by atoms with Crippen molar-refractivity contribution in [3.05, 3.63) is 70.0 Å². The molecular formula is C23H23F3N2O4. The van der Waals surface area contributed by atoms with Gasteiger partial charge in [0.15, 0.2) is 6.29 Å². The average Bonchev–Trinajstić information content (AvgIpc) is 2.76. The fraction of sp³-hybridized carbons (Fsp3) is 0.304. The number of pyridine rings is 1. The molecular weight excluding hydrogens is 425 g/mol. The van der Waals surface area contributed by atoms with E-state index in [9.17, 15) is 23.1 Å². The second-order valence-electron chi connectivity index (χ2n) is 6.81. The summed E-state index contributed by atoms with van der Waals surface area (Å²) in [5.74, 6) is -0.513. The Morgan fingerprint density at radius 3 is 2.34 bits per heavy atom. The molecule has 1 N–H and O–H groups in total. The fourth-order valence-corrected chi connectivity index (χ4v) is 3.31. The Morgan fingerprint density at radius 2 is 1.72 bits per heavy atom. The van der Waals surface area contributed by atoms with Gasteiger partial charge in [-0.25, -0.2) is 4.57 Å². The van der Waals surface area contributed by atoms with Gasteiger partial charge < -0.3 is 14.6 Å². The topological polar surface area (TPSA) is 73.0 Å². The Morgan fingerprint density at radius 1 is 1.06 bits per heavy atom. The second-order valence-corrected chi connectivity index (χ2v) is 6.81. The van der Waals surface area contributed by atoms with Crippen molar-refractivity contribution in [3.63, 3.8) is 0 Å². The highest BCUT2D eigenvalue weighted by atomic mass is 19.4. The molecule has 3 aromatic rings. The van der Waals surface area contributed by atoms with Crippen molar-refractivity contribution in [2.45, 2.75) is 26.3 Å². The van der Waals surface area contributed by atoms with Gasteiger partial charge in [-0.3, -0.25) is 9.79 Å². The summed E-state index contributed by atoms with van der Waals surface area (Å²) < 4.78 is 51.3. The quantitative estimate of drug-likeness (QED) is 0.406. The van der Waals surface area contributed by atoms with Gasteiger partial charge in [0.2, 0.25) is 5.88 Å². The molecule has 0 radical (unpaired) electrons. The van der Waals surface area contributed by atoms with Crippen LogP contribution in [0.15, 0.2) is 58.3 Å². The Hall–Kier alpha value is -3.17. The van der Waals surface area contributed by atoms with Crippen LogP contribution in [0.5, 0.6) is 5.88 Å². The molecule has 0 bridgehead atoms. The van der Waals surface area contributed by atoms with Gasteiger partial charge in [0.1, 0.15) is 0 Å². The predicted octanol–water partition coefficient (Wildman–Crippen LogP) is 4.53. The number of aromatic hydroxyl groups is 1. The van der Waals surface area contributed by atoms with Gasteiger partial charge >= 0.3 is 6.18 Å². The van der Waals surface area contributed by atoms with E-state index in [1.54, 1.807) is 24.3 Å². The summed E-state index contributed by atoms with van der Waals surface area (Å²) in [4.78, 5) is 17.3. The zero-order chi connectivity index (χ0) is 23.3. The highest BCUT2D eigenvalue weighted by Gasteiger charge is 2.31. The molecule has 0 fully saturated rings. The minimum atomic E-state index is -4.59. The third-order valence-electron chi connectivity index (χ3n) is 4.72. The molecule has 0 atom stereocenters. The molecule has 0 amide bonds. The van der Waals surface area contributed by atoms with Crippen molar-refractivity contribution in [3.8, 4) is 11.6 Å². The van der Waals surface area contributed by atoms with Gasteiger partial charge in [0.05, 0.1) is 23.4 Å². The molecule has 2 aromatic carbocycles. The van der Waals surface area contributed by atoms with Crippen LogP contribution in [0.25, 0.3) is 16.5 Å². The van der Waals surface area contributed by atoms with Crippen LogP contribution in [0, 0.1) is 0 Å². The van der Waals surface area contributed by atoms with E-state index in [0.29, 0.717) is 18.6 Å². The highest BCUT2D eigenvalue weighted by molar-refractivity contribution is 6.01. The van der Waals surface area contributed by atoms with Crippen molar-refractivity contribution in [2.24, 2.45) is 4.99 Å². The lowest BCUT2D eigenvalue weighted by Gasteiger charge is -2.16. The first-order valence-corrected chi connectivity index (χ1v) is 10.0. The molecule has 0 saturated heterocycles. The second kappa shape index (κ2) is 9.97. The maximum atomic E-state index is 13.2. The molecule has 9 heteroatoms. The lowest BCUT2D eigenvalue weighted by molar-refractivity contribution is -0.137. The number of aromatic nitrogens is 1. The lowest BCUT2D eigenvalue weighted by atomic mass is 10.1. The largest absolute Gasteiger partial charge is 0.494 e. The summed E-state index contributed by atoms with van der Waals surface area (Å²) in [7, 11) is 0. The minimum Gasteiger partial charge on any atom is -0.494 e. The van der Waals surface area contributed by atoms with Gasteiger partial charge in [-0.15, -0.1) is 0 Å². The third kappa shape index (κ3) is 5.00. The van der Waals surface area contributed by atoms with Crippen molar-refractivity contribution < 1.29 is 27.8 Å². The SMILES string of the molecule is CCOC(CN=Cc1c(O)n(-c2cccc(C(F)(F)F)c2)c(=O)c2ccccc12)OCC. The zero-order valence-electron chi connectivity index (χ0n) is 17.6. The van der Waals surface area contributed by atoms with Crippen LogP contribution >= 0.6 is 0 Å². The summed E-state index contributed by atoms with van der Waals surface area (Å²) >= 11 is 0. The van der Waals surface area contributed by atoms with Gasteiger partial charge in [-0.1, -0.05) is 24.3 Å². The molecule has 32 heavy (non-hydrogen) atoms. The monoisotopic (exact) mass is 448 g/mol. The standard InChI is InChI=1S/C23H23F3N2O4/c1-3-31-20(32-4-2)14-27-13-19-17-10-5-6-11-18(17)21(29)28(22(19)30)16-9-7-8-15(12-16)23(24,25)26/h5-13,20,30H,3-4,14H2,1-2H3. The van der Waals surface area contributed by atoms with E-state index in [4.69, 9.17) is 9.47 Å². The maximum absolute atomic E-state index is 13.2. The maximum Gasteiger partial charge on any atom is 0.416 e. The Bertz CT molecular complexity index is 1170. The van der Waals surface area contributed by atoms with Crippen LogP contribution in [0.2, 0.25) is 0 Å². The zero-order valence-corrected chi connectivity index (χ0v) is 17.6. The first-order chi connectivity index (χ1) is 15.3. The molecule has 0 saturated carbocycles. The number of nitrogens with zero attached hydrogens (tertiary/aromatic N) is 2. The molecule has 1 aromatic heterocycles. The third-order valence-corrected chi connectivity index (χ3v) is 4.72. The van der Waals surface area contributed by atoms with E-state index in [1.807, 2.05) is 13.8 Å². The summed E-state index contributed by atoms with van der Waals surface area (Å²) in [5, 5.41) is 11.6. The van der Waals surface area contributed by atoms with E-state index in [0.717, 1.165) is 16.7 Å². The summed E-state index contributed by atoms with van der Waals surface area (Å²) in [6.07, 6.45) is -3.81. The number of hydrogen-bond acceptors (Lipinski definition) is 5. The number of fused-ring (bicyclic) bond motifs is 1. The van der Waals surface area contributed by atoms with E-state index in [2.05, 4.69) is 4.99 Å². The predicted molar refractivity (Wildman–Crippen MR) is 116 cm³/mol. The Labute approximate surface area is 182 Å². The lowest BCUT2D eigenvalue weighted by Crippen LogP contribution is -2.22. The molecule has 3 rings (SSSR count). The van der Waals surface area contributed by atoms with Crippen molar-refractivity contribution in [1.82, 2.24) is 4.57 Å². The van der Waals surface area contributed by atoms with Gasteiger partial charge in [0.25, 0.3) is 5.56 Å². The first kappa shape index (κ1) is 23.5. The van der Waals surface area contributed by atoms with E-state index in [1.165, 1.54) is 18.3 Å². The van der Waals surface area contributed by atoms with Gasteiger partial charge in [-0.2, -0.15) is 13.2 Å². The van der Waals surface area contributed by atoms with Crippen LogP contribution < -0.4 is 5.56 Å². The molecule has 6 nitrogen and oxygen atoms in total. The number of aliphatic imine (C=N–C) groups is 1. The van der Waals surface area contributed by atoms with Crippen LogP contribution in [0.3, 0.4) is 0 Å². The van der Waals surface area contributed by atoms with Crippen molar-refractivity contribution in [2.75, 3.05) is 19.8 Å². The molecule has 0 aliphatic heterocycles. The number of rotatable bonds is 8. The van der Waals surface area contributed by atoms with E-state index >= 15 is 0 Å². The fourth-order valence-electron chi connectivity index (χ4n) is 3.31.